The second-order valence-electron chi connectivity index (χ2n) is 15.6. The molecule has 10 aromatic rings. The zero-order valence-corrected chi connectivity index (χ0v) is 30.9. The molecule has 9 aromatic carbocycles. The Hall–Kier alpha value is -6.70. The third kappa shape index (κ3) is 4.93. The fourth-order valence-electron chi connectivity index (χ4n) is 9.43. The summed E-state index contributed by atoms with van der Waals surface area (Å²) in [7, 11) is 0. The van der Waals surface area contributed by atoms with E-state index in [9.17, 15) is 0 Å². The Labute approximate surface area is 321 Å². The van der Waals surface area contributed by atoms with Gasteiger partial charge in [0, 0.05) is 33.2 Å². The maximum atomic E-state index is 7.31. The van der Waals surface area contributed by atoms with E-state index in [0.29, 0.717) is 0 Å². The number of hydrogen-bond acceptors (Lipinski definition) is 1. The molecule has 1 nitrogen and oxygen atoms in total. The molecule has 0 saturated carbocycles. The number of fused-ring (bicyclic) bond motifs is 8. The van der Waals surface area contributed by atoms with Crippen LogP contribution in [0.1, 0.15) is 47.6 Å². The number of para-hydroxylation sites is 1. The summed E-state index contributed by atoms with van der Waals surface area (Å²) in [5.74, 6) is -0.0455. The summed E-state index contributed by atoms with van der Waals surface area (Å²) in [6.45, 7) is 4.71. The van der Waals surface area contributed by atoms with Gasteiger partial charge in [0.15, 0.2) is 0 Å². The molecular weight excluding hydrogens is 665 g/mol. The predicted molar refractivity (Wildman–Crippen MR) is 231 cm³/mol. The first-order chi connectivity index (χ1) is 27.0. The summed E-state index contributed by atoms with van der Waals surface area (Å²) < 4.78 is 7.31. The molecule has 1 heterocycles. The summed E-state index contributed by atoms with van der Waals surface area (Å²) in [5, 5.41) is 7.17. The van der Waals surface area contributed by atoms with Gasteiger partial charge in [-0.2, -0.15) is 0 Å². The van der Waals surface area contributed by atoms with Crippen molar-refractivity contribution in [2.75, 3.05) is 0 Å². The molecule has 0 spiro atoms. The molecule has 1 aromatic heterocycles. The van der Waals surface area contributed by atoms with Crippen LogP contribution in [0.15, 0.2) is 192 Å². The number of rotatable bonds is 5. The maximum absolute atomic E-state index is 7.31. The normalized spacial score (nSPS) is 13.7. The van der Waals surface area contributed by atoms with Crippen LogP contribution in [0.4, 0.5) is 0 Å². The van der Waals surface area contributed by atoms with Crippen LogP contribution in [0.2, 0.25) is 0 Å². The van der Waals surface area contributed by atoms with Gasteiger partial charge in [-0.1, -0.05) is 190 Å². The second-order valence-corrected chi connectivity index (χ2v) is 15.6. The van der Waals surface area contributed by atoms with Gasteiger partial charge in [0.05, 0.1) is 0 Å². The molecule has 1 heteroatoms. The van der Waals surface area contributed by atoms with Gasteiger partial charge in [0.25, 0.3) is 0 Å². The molecule has 0 fully saturated rings. The van der Waals surface area contributed by atoms with E-state index in [4.69, 9.17) is 4.42 Å². The quantitative estimate of drug-likeness (QED) is 0.163. The van der Waals surface area contributed by atoms with Gasteiger partial charge in [0.2, 0.25) is 0 Å². The van der Waals surface area contributed by atoms with Crippen molar-refractivity contribution in [1.82, 2.24) is 0 Å². The minimum atomic E-state index is -0.101. The largest absolute Gasteiger partial charge is 0.455 e. The van der Waals surface area contributed by atoms with E-state index in [1.54, 1.807) is 0 Å². The summed E-state index contributed by atoms with van der Waals surface area (Å²) in [6, 6.07) is 69.0. The molecule has 0 amide bonds. The number of hydrogen-bond donors (Lipinski definition) is 0. The van der Waals surface area contributed by atoms with Gasteiger partial charge in [-0.3, -0.25) is 0 Å². The van der Waals surface area contributed by atoms with Crippen LogP contribution in [-0.4, -0.2) is 0 Å². The Morgan fingerprint density at radius 1 is 0.400 bits per heavy atom. The Morgan fingerprint density at radius 3 is 1.91 bits per heavy atom. The molecular formula is C54H38O. The van der Waals surface area contributed by atoms with E-state index >= 15 is 0 Å². The summed E-state index contributed by atoms with van der Waals surface area (Å²) in [5.41, 5.74) is 15.6. The standard InChI is InChI=1S/C54H38O/c1-54(2)48-22-11-10-19-43(48)44-30-29-41(33-49(44)54)51-42-18-9-8-17-39(42)32-47-45-20-12-21-46(52(45)55-53(47)51)50(40-28-25-35-15-6-7-16-38(35)31-40)37-26-23-36(24-27-37)34-13-4-3-5-14-34/h3-33,50H,1-2H3. The van der Waals surface area contributed by atoms with Crippen molar-refractivity contribution in [3.8, 4) is 33.4 Å². The van der Waals surface area contributed by atoms with Crippen molar-refractivity contribution in [1.29, 1.82) is 0 Å². The zero-order chi connectivity index (χ0) is 36.7. The smallest absolute Gasteiger partial charge is 0.143 e. The lowest BCUT2D eigenvalue weighted by molar-refractivity contribution is 0.659. The van der Waals surface area contributed by atoms with E-state index in [0.717, 1.165) is 33.1 Å². The highest BCUT2D eigenvalue weighted by Gasteiger charge is 2.35. The summed E-state index contributed by atoms with van der Waals surface area (Å²) in [6.07, 6.45) is 0. The van der Waals surface area contributed by atoms with Gasteiger partial charge < -0.3 is 4.42 Å². The first kappa shape index (κ1) is 31.8. The molecule has 1 aliphatic rings. The predicted octanol–water partition coefficient (Wildman–Crippen LogP) is 14.7. The fraction of sp³-hybridized carbons (Fsp3) is 0.0741. The Bertz CT molecular complexity index is 3110. The Morgan fingerprint density at radius 2 is 1.05 bits per heavy atom. The monoisotopic (exact) mass is 702 g/mol. The average Bonchev–Trinajstić information content (AvgIpc) is 3.72. The lowest BCUT2D eigenvalue weighted by Crippen LogP contribution is -2.14. The van der Waals surface area contributed by atoms with Crippen molar-refractivity contribution in [3.05, 3.63) is 216 Å². The highest BCUT2D eigenvalue weighted by atomic mass is 16.3. The zero-order valence-electron chi connectivity index (χ0n) is 30.9. The molecule has 1 atom stereocenters. The lowest BCUT2D eigenvalue weighted by atomic mass is 9.81. The number of furan rings is 1. The Balaban J connectivity index is 1.15. The van der Waals surface area contributed by atoms with Crippen molar-refractivity contribution < 1.29 is 4.42 Å². The molecule has 1 unspecified atom stereocenters. The fourth-order valence-corrected chi connectivity index (χ4v) is 9.43. The van der Waals surface area contributed by atoms with E-state index in [-0.39, 0.29) is 11.3 Å². The van der Waals surface area contributed by atoms with Crippen LogP contribution >= 0.6 is 0 Å². The second kappa shape index (κ2) is 12.2. The third-order valence-corrected chi connectivity index (χ3v) is 12.2. The molecule has 1 aliphatic carbocycles. The molecule has 0 aliphatic heterocycles. The van der Waals surface area contributed by atoms with Crippen molar-refractivity contribution >= 4 is 43.5 Å². The minimum absolute atomic E-state index is 0.0455. The van der Waals surface area contributed by atoms with Crippen molar-refractivity contribution in [2.45, 2.75) is 25.2 Å². The highest BCUT2D eigenvalue weighted by Crippen LogP contribution is 2.51. The van der Waals surface area contributed by atoms with E-state index in [1.165, 1.54) is 71.6 Å². The van der Waals surface area contributed by atoms with Gasteiger partial charge in [-0.25, -0.2) is 0 Å². The summed E-state index contributed by atoms with van der Waals surface area (Å²) >= 11 is 0. The first-order valence-corrected chi connectivity index (χ1v) is 19.3. The van der Waals surface area contributed by atoms with Crippen LogP contribution in [0.5, 0.6) is 0 Å². The molecule has 55 heavy (non-hydrogen) atoms. The summed E-state index contributed by atoms with van der Waals surface area (Å²) in [4.78, 5) is 0. The number of benzene rings is 9. The van der Waals surface area contributed by atoms with E-state index in [2.05, 4.69) is 202 Å². The van der Waals surface area contributed by atoms with E-state index < -0.39 is 0 Å². The Kier molecular flexibility index (Phi) is 7.03. The minimum Gasteiger partial charge on any atom is -0.455 e. The molecule has 0 radical (unpaired) electrons. The average molecular weight is 703 g/mol. The van der Waals surface area contributed by atoms with Crippen LogP contribution < -0.4 is 0 Å². The van der Waals surface area contributed by atoms with Crippen LogP contribution in [-0.2, 0) is 5.41 Å². The van der Waals surface area contributed by atoms with Crippen molar-refractivity contribution in [2.24, 2.45) is 0 Å². The molecule has 260 valence electrons. The molecule has 0 bridgehead atoms. The van der Waals surface area contributed by atoms with E-state index in [1.807, 2.05) is 0 Å². The topological polar surface area (TPSA) is 13.1 Å². The van der Waals surface area contributed by atoms with Crippen LogP contribution in [0, 0.1) is 0 Å². The molecule has 11 rings (SSSR count). The highest BCUT2D eigenvalue weighted by molar-refractivity contribution is 6.19. The SMILES string of the molecule is CC1(C)c2ccccc2-c2ccc(-c3c4ccccc4cc4c3oc3c(C(c5ccc(-c6ccccc6)cc5)c5ccc6ccccc6c5)cccc34)cc21. The lowest BCUT2D eigenvalue weighted by Gasteiger charge is -2.22. The van der Waals surface area contributed by atoms with Crippen LogP contribution in [0.3, 0.4) is 0 Å². The van der Waals surface area contributed by atoms with Crippen LogP contribution in [0.25, 0.3) is 76.9 Å². The van der Waals surface area contributed by atoms with Crippen molar-refractivity contribution in [3.63, 3.8) is 0 Å². The van der Waals surface area contributed by atoms with Gasteiger partial charge in [0.1, 0.15) is 11.2 Å². The van der Waals surface area contributed by atoms with Gasteiger partial charge in [-0.05, 0) is 83.7 Å². The first-order valence-electron chi connectivity index (χ1n) is 19.3. The maximum Gasteiger partial charge on any atom is 0.143 e. The molecule has 0 saturated heterocycles. The van der Waals surface area contributed by atoms with Gasteiger partial charge >= 0.3 is 0 Å². The molecule has 0 N–H and O–H groups in total. The van der Waals surface area contributed by atoms with Gasteiger partial charge in [-0.15, -0.1) is 0 Å². The third-order valence-electron chi connectivity index (χ3n) is 12.2.